The molecule has 0 heterocycles. The molecule has 0 aliphatic heterocycles. The van der Waals surface area contributed by atoms with Gasteiger partial charge in [0, 0.05) is 6.61 Å². The lowest BCUT2D eigenvalue weighted by Gasteiger charge is -2.45. The lowest BCUT2D eigenvalue weighted by Crippen LogP contribution is -2.37. The minimum Gasteiger partial charge on any atom is -0.396 e. The van der Waals surface area contributed by atoms with E-state index in [2.05, 4.69) is 13.8 Å². The van der Waals surface area contributed by atoms with E-state index in [4.69, 9.17) is 0 Å². The summed E-state index contributed by atoms with van der Waals surface area (Å²) < 4.78 is 0. The van der Waals surface area contributed by atoms with Gasteiger partial charge in [-0.05, 0) is 63.2 Å². The quantitative estimate of drug-likeness (QED) is 0.760. The van der Waals surface area contributed by atoms with Gasteiger partial charge in [-0.2, -0.15) is 0 Å². The largest absolute Gasteiger partial charge is 0.396 e. The maximum atomic E-state index is 9.78. The third-order valence-electron chi connectivity index (χ3n) is 5.03. The first kappa shape index (κ1) is 16.0. The van der Waals surface area contributed by atoms with E-state index >= 15 is 0 Å². The Morgan fingerprint density at radius 3 is 2.17 bits per heavy atom. The third kappa shape index (κ3) is 4.55. The van der Waals surface area contributed by atoms with Crippen LogP contribution in [0.2, 0.25) is 0 Å². The van der Waals surface area contributed by atoms with Crippen LogP contribution in [-0.4, -0.2) is 22.4 Å². The van der Waals surface area contributed by atoms with Crippen molar-refractivity contribution in [2.24, 2.45) is 17.3 Å². The first-order valence-corrected chi connectivity index (χ1v) is 7.60. The van der Waals surface area contributed by atoms with E-state index in [-0.39, 0.29) is 0 Å². The van der Waals surface area contributed by atoms with Crippen LogP contribution in [0.1, 0.15) is 72.6 Å². The number of hydrogen-bond acceptors (Lipinski definition) is 2. The van der Waals surface area contributed by atoms with Crippen molar-refractivity contribution in [1.29, 1.82) is 0 Å². The van der Waals surface area contributed by atoms with Crippen LogP contribution in [0.15, 0.2) is 0 Å². The van der Waals surface area contributed by atoms with Crippen LogP contribution in [0.5, 0.6) is 0 Å². The summed E-state index contributed by atoms with van der Waals surface area (Å²) >= 11 is 0. The molecule has 108 valence electrons. The van der Waals surface area contributed by atoms with Crippen LogP contribution in [-0.2, 0) is 0 Å². The molecular weight excluding hydrogens is 224 g/mol. The molecule has 1 fully saturated rings. The lowest BCUT2D eigenvalue weighted by molar-refractivity contribution is 0.0262. The predicted octanol–water partition coefficient (Wildman–Crippen LogP) is 3.75. The molecule has 1 saturated carbocycles. The summed E-state index contributed by atoms with van der Waals surface area (Å²) in [5, 5.41) is 19.0. The fraction of sp³-hybridized carbons (Fsp3) is 1.00. The lowest BCUT2D eigenvalue weighted by atomic mass is 9.60. The average molecular weight is 256 g/mol. The summed E-state index contributed by atoms with van der Waals surface area (Å²) in [6.45, 7) is 8.87. The van der Waals surface area contributed by atoms with Gasteiger partial charge in [0.05, 0.1) is 5.60 Å². The molecule has 0 aromatic rings. The van der Waals surface area contributed by atoms with Gasteiger partial charge in [-0.25, -0.2) is 0 Å². The molecule has 0 spiro atoms. The summed E-state index contributed by atoms with van der Waals surface area (Å²) in [7, 11) is 0. The van der Waals surface area contributed by atoms with Crippen molar-refractivity contribution in [3.63, 3.8) is 0 Å². The Labute approximate surface area is 113 Å². The van der Waals surface area contributed by atoms with Gasteiger partial charge < -0.3 is 10.2 Å². The minimum atomic E-state index is -0.524. The van der Waals surface area contributed by atoms with Gasteiger partial charge in [0.1, 0.15) is 0 Å². The fourth-order valence-corrected chi connectivity index (χ4v) is 3.66. The topological polar surface area (TPSA) is 40.5 Å². The van der Waals surface area contributed by atoms with Gasteiger partial charge in [0.15, 0.2) is 0 Å². The smallest absolute Gasteiger partial charge is 0.0591 e. The second-order valence-corrected chi connectivity index (χ2v) is 7.36. The molecule has 18 heavy (non-hydrogen) atoms. The molecule has 0 aromatic carbocycles. The summed E-state index contributed by atoms with van der Waals surface area (Å²) in [4.78, 5) is 0. The normalized spacial score (nSPS) is 28.3. The summed E-state index contributed by atoms with van der Waals surface area (Å²) in [5.41, 5.74) is -0.177. The predicted molar refractivity (Wildman–Crippen MR) is 76.5 cm³/mol. The van der Waals surface area contributed by atoms with Crippen molar-refractivity contribution in [2.75, 3.05) is 6.61 Å². The van der Waals surface area contributed by atoms with Crippen LogP contribution >= 0.6 is 0 Å². The van der Waals surface area contributed by atoms with E-state index in [1.807, 2.05) is 13.8 Å². The zero-order valence-electron chi connectivity index (χ0n) is 12.7. The Hall–Kier alpha value is -0.0800. The van der Waals surface area contributed by atoms with Crippen LogP contribution in [0.4, 0.5) is 0 Å². The highest BCUT2D eigenvalue weighted by molar-refractivity contribution is 4.89. The number of aliphatic hydroxyl groups excluding tert-OH is 1. The summed E-state index contributed by atoms with van der Waals surface area (Å²) in [6, 6.07) is 0. The molecule has 2 nitrogen and oxygen atoms in total. The SMILES string of the molecule is CC(C)(O)CCCC1CCCC(CCO)C1(C)C. The van der Waals surface area contributed by atoms with Gasteiger partial charge in [-0.15, -0.1) is 0 Å². The van der Waals surface area contributed by atoms with E-state index in [1.54, 1.807) is 0 Å². The van der Waals surface area contributed by atoms with Gasteiger partial charge in [0.2, 0.25) is 0 Å². The molecule has 0 amide bonds. The second-order valence-electron chi connectivity index (χ2n) is 7.36. The van der Waals surface area contributed by atoms with Crippen LogP contribution in [0, 0.1) is 17.3 Å². The van der Waals surface area contributed by atoms with Crippen molar-refractivity contribution < 1.29 is 10.2 Å². The van der Waals surface area contributed by atoms with Crippen LogP contribution in [0.3, 0.4) is 0 Å². The van der Waals surface area contributed by atoms with Gasteiger partial charge in [-0.1, -0.05) is 26.7 Å². The average Bonchev–Trinajstić information content (AvgIpc) is 2.22. The van der Waals surface area contributed by atoms with Crippen molar-refractivity contribution in [1.82, 2.24) is 0 Å². The molecule has 0 radical (unpaired) electrons. The standard InChI is InChI=1S/C16H32O2/c1-15(2,18)11-6-9-13-7-5-8-14(10-12-17)16(13,3)4/h13-14,17-18H,5-12H2,1-4H3. The van der Waals surface area contributed by atoms with Gasteiger partial charge in [-0.3, -0.25) is 0 Å². The molecule has 0 aromatic heterocycles. The third-order valence-corrected chi connectivity index (χ3v) is 5.03. The zero-order valence-corrected chi connectivity index (χ0v) is 12.7. The van der Waals surface area contributed by atoms with E-state index < -0.39 is 5.60 Å². The molecule has 0 saturated heterocycles. The Kier molecular flexibility index (Phi) is 5.67. The first-order valence-electron chi connectivity index (χ1n) is 7.60. The Morgan fingerprint density at radius 2 is 1.67 bits per heavy atom. The number of hydrogen-bond donors (Lipinski definition) is 2. The molecular formula is C16H32O2. The van der Waals surface area contributed by atoms with E-state index in [1.165, 1.54) is 25.7 Å². The second kappa shape index (κ2) is 6.38. The molecule has 2 N–H and O–H groups in total. The highest BCUT2D eigenvalue weighted by Crippen LogP contribution is 2.48. The van der Waals surface area contributed by atoms with Crippen LogP contribution in [0.25, 0.3) is 0 Å². The van der Waals surface area contributed by atoms with Crippen molar-refractivity contribution >= 4 is 0 Å². The highest BCUT2D eigenvalue weighted by Gasteiger charge is 2.39. The Morgan fingerprint density at radius 1 is 1.11 bits per heavy atom. The van der Waals surface area contributed by atoms with Gasteiger partial charge in [0.25, 0.3) is 0 Å². The van der Waals surface area contributed by atoms with E-state index in [0.717, 1.165) is 25.2 Å². The number of rotatable bonds is 6. The molecule has 2 unspecified atom stereocenters. The van der Waals surface area contributed by atoms with Crippen molar-refractivity contribution in [3.05, 3.63) is 0 Å². The molecule has 2 heteroatoms. The molecule has 1 rings (SSSR count). The maximum absolute atomic E-state index is 9.78. The Bertz CT molecular complexity index is 238. The van der Waals surface area contributed by atoms with Crippen molar-refractivity contribution in [3.8, 4) is 0 Å². The van der Waals surface area contributed by atoms with Gasteiger partial charge >= 0.3 is 0 Å². The van der Waals surface area contributed by atoms with Crippen molar-refractivity contribution in [2.45, 2.75) is 78.2 Å². The maximum Gasteiger partial charge on any atom is 0.0591 e. The molecule has 1 aliphatic rings. The van der Waals surface area contributed by atoms with E-state index in [9.17, 15) is 10.2 Å². The Balaban J connectivity index is 2.48. The molecule has 0 bridgehead atoms. The summed E-state index contributed by atoms with van der Waals surface area (Å²) in [5.74, 6) is 1.42. The zero-order chi connectivity index (χ0) is 13.8. The number of aliphatic hydroxyl groups is 2. The minimum absolute atomic E-state index is 0.324. The monoisotopic (exact) mass is 256 g/mol. The van der Waals surface area contributed by atoms with E-state index in [0.29, 0.717) is 17.9 Å². The highest BCUT2D eigenvalue weighted by atomic mass is 16.3. The molecule has 2 atom stereocenters. The fourth-order valence-electron chi connectivity index (χ4n) is 3.66. The summed E-state index contributed by atoms with van der Waals surface area (Å²) in [6.07, 6.45) is 8.08. The molecule has 1 aliphatic carbocycles. The first-order chi connectivity index (χ1) is 8.27. The van der Waals surface area contributed by atoms with Crippen LogP contribution < -0.4 is 0 Å².